The van der Waals surface area contributed by atoms with Gasteiger partial charge in [-0.1, -0.05) is 28.1 Å². The molecule has 3 heteroatoms. The van der Waals surface area contributed by atoms with E-state index in [1.807, 2.05) is 12.3 Å². The van der Waals surface area contributed by atoms with Gasteiger partial charge in [0.15, 0.2) is 0 Å². The van der Waals surface area contributed by atoms with Gasteiger partial charge in [-0.25, -0.2) is 0 Å². The Morgan fingerprint density at radius 1 is 1.07 bits per heavy atom. The molecule has 1 heterocycles. The van der Waals surface area contributed by atoms with Gasteiger partial charge in [-0.3, -0.25) is 0 Å². The van der Waals surface area contributed by atoms with E-state index in [2.05, 4.69) is 56.6 Å². The van der Waals surface area contributed by atoms with Crippen LogP contribution in [0.5, 0.6) is 0 Å². The van der Waals surface area contributed by atoms with E-state index in [1.54, 1.807) is 0 Å². The van der Waals surface area contributed by atoms with Crippen LogP contribution in [0.1, 0.15) is 11.3 Å². The molecule has 2 N–H and O–H groups in total. The van der Waals surface area contributed by atoms with Gasteiger partial charge < -0.3 is 10.3 Å². The number of aromatic amines is 1. The van der Waals surface area contributed by atoms with Gasteiger partial charge in [0.1, 0.15) is 0 Å². The van der Waals surface area contributed by atoms with Crippen molar-refractivity contribution in [1.29, 1.82) is 0 Å². The number of nitrogens with one attached hydrogen (secondary N) is 2. The van der Waals surface area contributed by atoms with Crippen LogP contribution in [0.4, 0.5) is 0 Å². The van der Waals surface area contributed by atoms with Gasteiger partial charge in [-0.2, -0.15) is 0 Å². The second-order valence-corrected chi connectivity index (χ2v) is 4.34. The average Bonchev–Trinajstić information content (AvgIpc) is 2.74. The molecule has 0 fully saturated rings. The minimum Gasteiger partial charge on any atom is -0.364 e. The highest BCUT2D eigenvalue weighted by atomic mass is 79.9. The largest absolute Gasteiger partial charge is 0.364 e. The normalized spacial score (nSPS) is 10.5. The van der Waals surface area contributed by atoms with Crippen molar-refractivity contribution in [3.8, 4) is 0 Å². The Labute approximate surface area is 97.8 Å². The predicted octanol–water partition coefficient (Wildman–Crippen LogP) is 3.07. The van der Waals surface area contributed by atoms with E-state index in [0.717, 1.165) is 17.6 Å². The van der Waals surface area contributed by atoms with Crippen LogP contribution in [-0.2, 0) is 13.1 Å². The number of hydrogen-bond donors (Lipinski definition) is 2. The Hall–Kier alpha value is -1.06. The van der Waals surface area contributed by atoms with Crippen LogP contribution in [0, 0.1) is 0 Å². The van der Waals surface area contributed by atoms with Crippen molar-refractivity contribution < 1.29 is 0 Å². The third-order valence-corrected chi connectivity index (χ3v) is 2.75. The van der Waals surface area contributed by atoms with Crippen molar-refractivity contribution in [2.75, 3.05) is 0 Å². The number of hydrogen-bond acceptors (Lipinski definition) is 1. The summed E-state index contributed by atoms with van der Waals surface area (Å²) in [6.45, 7) is 1.77. The summed E-state index contributed by atoms with van der Waals surface area (Å²) in [4.78, 5) is 3.16. The molecule has 1 aromatic heterocycles. The maximum absolute atomic E-state index is 3.42. The first-order valence-electron chi connectivity index (χ1n) is 4.92. The Kier molecular flexibility index (Phi) is 3.59. The molecule has 0 radical (unpaired) electrons. The van der Waals surface area contributed by atoms with E-state index in [4.69, 9.17) is 0 Å². The van der Waals surface area contributed by atoms with Crippen molar-refractivity contribution in [2.45, 2.75) is 13.1 Å². The first-order valence-corrected chi connectivity index (χ1v) is 5.71. The van der Waals surface area contributed by atoms with Gasteiger partial charge in [-0.15, -0.1) is 0 Å². The van der Waals surface area contributed by atoms with Crippen LogP contribution >= 0.6 is 15.9 Å². The van der Waals surface area contributed by atoms with E-state index in [1.165, 1.54) is 11.3 Å². The molecule has 15 heavy (non-hydrogen) atoms. The molecule has 0 aliphatic carbocycles. The standard InChI is InChI=1S/C12H13BrN2/c13-11-5-3-10(4-6-11)8-14-9-12-2-1-7-15-12/h1-7,14-15H,8-9H2. The van der Waals surface area contributed by atoms with Crippen LogP contribution in [0.25, 0.3) is 0 Å². The monoisotopic (exact) mass is 264 g/mol. The molecule has 0 amide bonds. The SMILES string of the molecule is Brc1ccc(CNCc2ccc[nH]2)cc1. The van der Waals surface area contributed by atoms with Gasteiger partial charge in [0.2, 0.25) is 0 Å². The number of aromatic nitrogens is 1. The molecule has 0 atom stereocenters. The van der Waals surface area contributed by atoms with Crippen molar-refractivity contribution in [3.05, 3.63) is 58.3 Å². The summed E-state index contributed by atoms with van der Waals surface area (Å²) in [5.41, 5.74) is 2.51. The molecule has 0 bridgehead atoms. The van der Waals surface area contributed by atoms with Crippen LogP contribution in [0.15, 0.2) is 47.1 Å². The average molecular weight is 265 g/mol. The lowest BCUT2D eigenvalue weighted by Crippen LogP contribution is -2.12. The number of benzene rings is 1. The van der Waals surface area contributed by atoms with Crippen molar-refractivity contribution in [3.63, 3.8) is 0 Å². The smallest absolute Gasteiger partial charge is 0.0360 e. The zero-order valence-electron chi connectivity index (χ0n) is 8.33. The van der Waals surface area contributed by atoms with Gasteiger partial charge >= 0.3 is 0 Å². The Morgan fingerprint density at radius 2 is 1.87 bits per heavy atom. The molecule has 0 spiro atoms. The fourth-order valence-corrected chi connectivity index (χ4v) is 1.69. The Balaban J connectivity index is 1.81. The molecular weight excluding hydrogens is 252 g/mol. The van der Waals surface area contributed by atoms with Crippen LogP contribution in [0.2, 0.25) is 0 Å². The van der Waals surface area contributed by atoms with Crippen molar-refractivity contribution >= 4 is 15.9 Å². The Bertz CT molecular complexity index is 392. The maximum Gasteiger partial charge on any atom is 0.0360 e. The zero-order valence-corrected chi connectivity index (χ0v) is 9.92. The second-order valence-electron chi connectivity index (χ2n) is 3.43. The molecule has 1 aromatic carbocycles. The van der Waals surface area contributed by atoms with E-state index >= 15 is 0 Å². The van der Waals surface area contributed by atoms with Crippen LogP contribution in [-0.4, -0.2) is 4.98 Å². The third-order valence-electron chi connectivity index (χ3n) is 2.22. The first-order chi connectivity index (χ1) is 7.34. The number of H-pyrrole nitrogens is 1. The Morgan fingerprint density at radius 3 is 2.53 bits per heavy atom. The molecule has 0 saturated heterocycles. The van der Waals surface area contributed by atoms with E-state index in [0.29, 0.717) is 0 Å². The lowest BCUT2D eigenvalue weighted by atomic mass is 10.2. The minimum absolute atomic E-state index is 0.878. The zero-order chi connectivity index (χ0) is 10.5. The highest BCUT2D eigenvalue weighted by Crippen LogP contribution is 2.10. The van der Waals surface area contributed by atoms with Gasteiger partial charge in [0.25, 0.3) is 0 Å². The number of rotatable bonds is 4. The molecule has 0 saturated carbocycles. The summed E-state index contributed by atoms with van der Waals surface area (Å²) in [6, 6.07) is 12.4. The van der Waals surface area contributed by atoms with E-state index in [9.17, 15) is 0 Å². The molecule has 0 aliphatic heterocycles. The summed E-state index contributed by atoms with van der Waals surface area (Å²) in [7, 11) is 0. The summed E-state index contributed by atoms with van der Waals surface area (Å²) in [5.74, 6) is 0. The molecular formula is C12H13BrN2. The summed E-state index contributed by atoms with van der Waals surface area (Å²) in [5, 5.41) is 3.38. The summed E-state index contributed by atoms with van der Waals surface area (Å²) in [6.07, 6.45) is 1.94. The summed E-state index contributed by atoms with van der Waals surface area (Å²) < 4.78 is 1.12. The summed E-state index contributed by atoms with van der Waals surface area (Å²) >= 11 is 3.42. The van der Waals surface area contributed by atoms with Crippen molar-refractivity contribution in [2.24, 2.45) is 0 Å². The molecule has 2 aromatic rings. The molecule has 0 aliphatic rings. The molecule has 2 nitrogen and oxygen atoms in total. The van der Waals surface area contributed by atoms with E-state index < -0.39 is 0 Å². The molecule has 78 valence electrons. The van der Waals surface area contributed by atoms with Gasteiger partial charge in [-0.05, 0) is 29.8 Å². The second kappa shape index (κ2) is 5.14. The fourth-order valence-electron chi connectivity index (χ4n) is 1.42. The third kappa shape index (κ3) is 3.22. The molecule has 0 unspecified atom stereocenters. The lowest BCUT2D eigenvalue weighted by molar-refractivity contribution is 0.682. The first kappa shape index (κ1) is 10.5. The quantitative estimate of drug-likeness (QED) is 0.873. The van der Waals surface area contributed by atoms with Gasteiger partial charge in [0.05, 0.1) is 0 Å². The predicted molar refractivity (Wildman–Crippen MR) is 65.5 cm³/mol. The number of halogens is 1. The minimum atomic E-state index is 0.878. The lowest BCUT2D eigenvalue weighted by Gasteiger charge is -2.03. The highest BCUT2D eigenvalue weighted by Gasteiger charge is 1.94. The maximum atomic E-state index is 3.42. The van der Waals surface area contributed by atoms with E-state index in [-0.39, 0.29) is 0 Å². The van der Waals surface area contributed by atoms with Gasteiger partial charge in [0, 0.05) is 29.5 Å². The van der Waals surface area contributed by atoms with Crippen LogP contribution in [0.3, 0.4) is 0 Å². The van der Waals surface area contributed by atoms with Crippen molar-refractivity contribution in [1.82, 2.24) is 10.3 Å². The fraction of sp³-hybridized carbons (Fsp3) is 0.167. The topological polar surface area (TPSA) is 27.8 Å². The van der Waals surface area contributed by atoms with Crippen LogP contribution < -0.4 is 5.32 Å². The molecule has 2 rings (SSSR count). The highest BCUT2D eigenvalue weighted by molar-refractivity contribution is 9.10.